The highest BCUT2D eigenvalue weighted by Gasteiger charge is 2.30. The molecule has 0 heterocycles. The van der Waals surface area contributed by atoms with Crippen LogP contribution in [0.1, 0.15) is 0 Å². The van der Waals surface area contributed by atoms with Gasteiger partial charge in [-0.1, -0.05) is 135 Å². The predicted molar refractivity (Wildman–Crippen MR) is 169 cm³/mol. The molecule has 4 unspecified atom stereocenters. The molecular formula is C22H50P4Si4. The molecule has 0 aliphatic carbocycles. The van der Waals surface area contributed by atoms with Crippen molar-refractivity contribution in [2.24, 2.45) is 0 Å². The van der Waals surface area contributed by atoms with Gasteiger partial charge in [0.05, 0.1) is 0 Å². The summed E-state index contributed by atoms with van der Waals surface area (Å²) in [7, 11) is -1.69. The third-order valence-corrected chi connectivity index (χ3v) is 36.5. The van der Waals surface area contributed by atoms with Crippen LogP contribution in [-0.2, 0) is 0 Å². The van der Waals surface area contributed by atoms with Crippen molar-refractivity contribution in [1.29, 1.82) is 0 Å². The zero-order valence-electron chi connectivity index (χ0n) is 22.0. The lowest BCUT2D eigenvalue weighted by Crippen LogP contribution is -2.33. The van der Waals surface area contributed by atoms with E-state index in [0.717, 1.165) is 0 Å². The van der Waals surface area contributed by atoms with Crippen LogP contribution in [0.25, 0.3) is 0 Å². The molecule has 0 radical (unpaired) electrons. The Balaban J connectivity index is 3.35. The predicted octanol–water partition coefficient (Wildman–Crippen LogP) is 8.60. The van der Waals surface area contributed by atoms with Gasteiger partial charge in [0, 0.05) is 32.3 Å². The summed E-state index contributed by atoms with van der Waals surface area (Å²) >= 11 is 0. The Bertz CT molecular complexity index is 598. The van der Waals surface area contributed by atoms with Crippen molar-refractivity contribution >= 4 is 74.7 Å². The van der Waals surface area contributed by atoms with Crippen molar-refractivity contribution < 1.29 is 0 Å². The lowest BCUT2D eigenvalue weighted by atomic mass is 10.4. The van der Waals surface area contributed by atoms with Gasteiger partial charge in [0.2, 0.25) is 0 Å². The van der Waals surface area contributed by atoms with E-state index in [0.29, 0.717) is 0 Å². The zero-order valence-corrected chi connectivity index (χ0v) is 29.8. The van der Waals surface area contributed by atoms with Gasteiger partial charge in [-0.05, 0) is 33.7 Å². The molecule has 4 atom stereocenters. The Labute approximate surface area is 199 Å². The molecule has 0 amide bonds. The third kappa shape index (κ3) is 13.5. The van der Waals surface area contributed by atoms with Crippen LogP contribution >= 0.6 is 31.8 Å². The van der Waals surface area contributed by atoms with E-state index in [1.807, 2.05) is 10.6 Å². The Kier molecular flexibility index (Phi) is 11.9. The Morgan fingerprint density at radius 1 is 0.533 bits per heavy atom. The second-order valence-electron chi connectivity index (χ2n) is 13.6. The van der Waals surface area contributed by atoms with Gasteiger partial charge in [-0.25, -0.2) is 0 Å². The van der Waals surface area contributed by atoms with E-state index in [-0.39, 0.29) is 15.2 Å². The van der Waals surface area contributed by atoms with Gasteiger partial charge in [-0.2, -0.15) is 0 Å². The largest absolute Gasteiger partial charge is 0.0944 e. The first-order valence-corrected chi connectivity index (χ1v) is 33.5. The molecular weight excluding hydrogens is 500 g/mol. The molecule has 1 aromatic carbocycles. The molecule has 0 saturated carbocycles. The topological polar surface area (TPSA) is 0 Å². The standard InChI is InChI=1S/C22H50P4Si4/c1-27(2,3)17-23-25(19-29(7,8)9)21-15-13-14-16-22(21)26(20-30(10,11)12)24-18-28(4,5)6/h13-16,23-24H,17-20H2,1-12H3. The quantitative estimate of drug-likeness (QED) is 0.181. The van der Waals surface area contributed by atoms with Gasteiger partial charge >= 0.3 is 0 Å². The van der Waals surface area contributed by atoms with Crippen LogP contribution in [0.5, 0.6) is 0 Å². The molecule has 0 aliphatic rings. The molecule has 0 saturated heterocycles. The van der Waals surface area contributed by atoms with E-state index in [2.05, 4.69) is 103 Å². The summed E-state index contributed by atoms with van der Waals surface area (Å²) in [4.78, 5) is 0. The second-order valence-corrected chi connectivity index (χ2v) is 47.9. The van der Waals surface area contributed by atoms with Crippen LogP contribution in [0.4, 0.5) is 0 Å². The summed E-state index contributed by atoms with van der Waals surface area (Å²) in [5.41, 5.74) is 0. The van der Waals surface area contributed by atoms with Crippen LogP contribution in [0.15, 0.2) is 24.3 Å². The van der Waals surface area contributed by atoms with Crippen LogP contribution < -0.4 is 10.6 Å². The summed E-state index contributed by atoms with van der Waals surface area (Å²) in [6.07, 6.45) is 0. The molecule has 0 aromatic heterocycles. The van der Waals surface area contributed by atoms with Crippen LogP contribution in [0, 0.1) is 0 Å². The minimum absolute atomic E-state index is 0.0298. The van der Waals surface area contributed by atoms with E-state index in [1.165, 1.54) is 39.7 Å². The fraction of sp³-hybridized carbons (Fsp3) is 0.727. The maximum Gasteiger partial charge on any atom is 0.0492 e. The van der Waals surface area contributed by atoms with Gasteiger partial charge in [0.15, 0.2) is 0 Å². The molecule has 1 aromatic rings. The van der Waals surface area contributed by atoms with Crippen molar-refractivity contribution in [2.75, 3.05) is 23.1 Å². The summed E-state index contributed by atoms with van der Waals surface area (Å²) in [6, 6.07) is 9.88. The van der Waals surface area contributed by atoms with E-state index < -0.39 is 32.3 Å². The average molecular weight is 551 g/mol. The maximum absolute atomic E-state index is 2.60. The highest BCUT2D eigenvalue weighted by molar-refractivity contribution is 8.29. The van der Waals surface area contributed by atoms with E-state index in [4.69, 9.17) is 0 Å². The molecule has 0 fully saturated rings. The monoisotopic (exact) mass is 550 g/mol. The molecule has 30 heavy (non-hydrogen) atoms. The molecule has 0 nitrogen and oxygen atoms in total. The minimum atomic E-state index is -1.08. The number of hydrogen-bond acceptors (Lipinski definition) is 0. The van der Waals surface area contributed by atoms with E-state index >= 15 is 0 Å². The minimum Gasteiger partial charge on any atom is -0.0944 e. The SMILES string of the molecule is C[Si](C)(C)CPP(C[Si](C)(C)C)c1ccccc1P(C[Si](C)(C)C)PC[Si](C)(C)C. The summed E-state index contributed by atoms with van der Waals surface area (Å²) in [5.74, 6) is 6.13. The third-order valence-electron chi connectivity index (χ3n) is 4.33. The molecule has 1 rings (SSSR count). The molecule has 0 spiro atoms. The highest BCUT2D eigenvalue weighted by atomic mass is 32.1. The lowest BCUT2D eigenvalue weighted by Gasteiger charge is -2.33. The van der Waals surface area contributed by atoms with Crippen molar-refractivity contribution in [2.45, 2.75) is 78.6 Å². The van der Waals surface area contributed by atoms with Crippen molar-refractivity contribution in [1.82, 2.24) is 0 Å². The molecule has 0 N–H and O–H groups in total. The Morgan fingerprint density at radius 2 is 0.833 bits per heavy atom. The second kappa shape index (κ2) is 12.0. The molecule has 8 heteroatoms. The fourth-order valence-electron chi connectivity index (χ4n) is 2.99. The molecule has 174 valence electrons. The first kappa shape index (κ1) is 29.8. The first-order chi connectivity index (χ1) is 13.4. The van der Waals surface area contributed by atoms with Crippen molar-refractivity contribution in [3.8, 4) is 0 Å². The van der Waals surface area contributed by atoms with Crippen LogP contribution in [0.2, 0.25) is 78.6 Å². The number of hydrogen-bond donors (Lipinski definition) is 0. The summed E-state index contributed by atoms with van der Waals surface area (Å²) < 4.78 is 0. The van der Waals surface area contributed by atoms with Gasteiger partial charge in [0.1, 0.15) is 0 Å². The summed E-state index contributed by atoms with van der Waals surface area (Å²) in [5, 5.41) is 3.69. The molecule has 0 bridgehead atoms. The highest BCUT2D eigenvalue weighted by Crippen LogP contribution is 2.61. The number of benzene rings is 1. The average Bonchev–Trinajstić information content (AvgIpc) is 2.52. The van der Waals surface area contributed by atoms with Gasteiger partial charge < -0.3 is 0 Å². The van der Waals surface area contributed by atoms with E-state index in [1.54, 1.807) is 0 Å². The lowest BCUT2D eigenvalue weighted by molar-refractivity contribution is 1.65. The normalized spacial score (nSPS) is 16.7. The number of rotatable bonds is 12. The van der Waals surface area contributed by atoms with Gasteiger partial charge in [-0.3, -0.25) is 0 Å². The molecule has 0 aliphatic heterocycles. The van der Waals surface area contributed by atoms with Crippen molar-refractivity contribution in [3.63, 3.8) is 0 Å². The van der Waals surface area contributed by atoms with Gasteiger partial charge in [-0.15, -0.1) is 0 Å². The smallest absolute Gasteiger partial charge is 0.0492 e. The fourth-order valence-corrected chi connectivity index (χ4v) is 45.7. The zero-order chi connectivity index (χ0) is 23.4. The summed E-state index contributed by atoms with van der Waals surface area (Å²) in [6.45, 7) is 31.0. The first-order valence-electron chi connectivity index (χ1n) is 11.5. The van der Waals surface area contributed by atoms with E-state index in [9.17, 15) is 0 Å². The van der Waals surface area contributed by atoms with Crippen LogP contribution in [-0.4, -0.2) is 55.4 Å². The Morgan fingerprint density at radius 3 is 1.07 bits per heavy atom. The maximum atomic E-state index is 2.60. The Hall–Kier alpha value is 1.81. The van der Waals surface area contributed by atoms with Crippen molar-refractivity contribution in [3.05, 3.63) is 24.3 Å². The van der Waals surface area contributed by atoms with Gasteiger partial charge in [0.25, 0.3) is 0 Å². The van der Waals surface area contributed by atoms with Crippen LogP contribution in [0.3, 0.4) is 0 Å².